The number of hydrogen-bond acceptors (Lipinski definition) is 2. The number of allylic oxidation sites excluding steroid dienone is 1. The molecule has 0 amide bonds. The van der Waals surface area contributed by atoms with E-state index in [9.17, 15) is 0 Å². The van der Waals surface area contributed by atoms with Crippen LogP contribution in [0.3, 0.4) is 0 Å². The Morgan fingerprint density at radius 1 is 1.57 bits per heavy atom. The molecule has 0 aliphatic carbocycles. The normalized spacial score (nSPS) is 13.1. The molecule has 0 aliphatic rings. The summed E-state index contributed by atoms with van der Waals surface area (Å²) in [5.74, 6) is 1.34. The molecule has 0 bridgehead atoms. The SMILES string of the molecule is C=C(CS)N(CCC)CC(C)C=CC. The van der Waals surface area contributed by atoms with E-state index in [1.54, 1.807) is 0 Å². The third-order valence-electron chi connectivity index (χ3n) is 2.15. The molecule has 0 radical (unpaired) electrons. The lowest BCUT2D eigenvalue weighted by atomic mass is 10.1. The maximum Gasteiger partial charge on any atom is 0.0298 e. The Kier molecular flexibility index (Phi) is 7.77. The van der Waals surface area contributed by atoms with Gasteiger partial charge in [0, 0.05) is 24.5 Å². The summed E-state index contributed by atoms with van der Waals surface area (Å²) < 4.78 is 0. The summed E-state index contributed by atoms with van der Waals surface area (Å²) in [6, 6.07) is 0. The van der Waals surface area contributed by atoms with Crippen LogP contribution in [0.4, 0.5) is 0 Å². The summed E-state index contributed by atoms with van der Waals surface area (Å²) in [4.78, 5) is 2.33. The third-order valence-corrected chi connectivity index (χ3v) is 2.52. The number of rotatable bonds is 7. The molecule has 0 aromatic rings. The molecule has 0 N–H and O–H groups in total. The fourth-order valence-corrected chi connectivity index (χ4v) is 1.69. The van der Waals surface area contributed by atoms with Gasteiger partial charge in [-0.1, -0.05) is 32.6 Å². The van der Waals surface area contributed by atoms with E-state index in [0.29, 0.717) is 5.92 Å². The van der Waals surface area contributed by atoms with E-state index < -0.39 is 0 Å². The molecule has 14 heavy (non-hydrogen) atoms. The predicted octanol–water partition coefficient (Wildman–Crippen LogP) is 3.35. The molecular weight excluding hydrogens is 190 g/mol. The Bertz CT molecular complexity index is 187. The zero-order chi connectivity index (χ0) is 11.0. The number of hydrogen-bond donors (Lipinski definition) is 1. The van der Waals surface area contributed by atoms with Crippen LogP contribution in [0.2, 0.25) is 0 Å². The molecule has 0 aromatic heterocycles. The molecule has 0 aromatic carbocycles. The van der Waals surface area contributed by atoms with Gasteiger partial charge in [-0.3, -0.25) is 0 Å². The van der Waals surface area contributed by atoms with Gasteiger partial charge in [-0.25, -0.2) is 0 Å². The van der Waals surface area contributed by atoms with Gasteiger partial charge < -0.3 is 4.90 Å². The molecular formula is C12H23NS. The van der Waals surface area contributed by atoms with E-state index in [0.717, 1.165) is 31.0 Å². The first-order chi connectivity index (χ1) is 6.65. The highest BCUT2D eigenvalue weighted by Gasteiger charge is 2.07. The zero-order valence-electron chi connectivity index (χ0n) is 9.66. The highest BCUT2D eigenvalue weighted by molar-refractivity contribution is 7.80. The largest absolute Gasteiger partial charge is 0.374 e. The lowest BCUT2D eigenvalue weighted by Crippen LogP contribution is -2.28. The second-order valence-electron chi connectivity index (χ2n) is 3.67. The lowest BCUT2D eigenvalue weighted by molar-refractivity contribution is 0.320. The van der Waals surface area contributed by atoms with Crippen molar-refractivity contribution >= 4 is 12.6 Å². The number of thiol groups is 1. The average Bonchev–Trinajstić information content (AvgIpc) is 2.16. The second-order valence-corrected chi connectivity index (χ2v) is 3.99. The Hall–Kier alpha value is -0.370. The van der Waals surface area contributed by atoms with Crippen LogP contribution in [-0.2, 0) is 0 Å². The molecule has 0 saturated heterocycles. The van der Waals surface area contributed by atoms with E-state index in [1.807, 2.05) is 0 Å². The van der Waals surface area contributed by atoms with Gasteiger partial charge in [0.1, 0.15) is 0 Å². The van der Waals surface area contributed by atoms with E-state index >= 15 is 0 Å². The van der Waals surface area contributed by atoms with Crippen molar-refractivity contribution < 1.29 is 0 Å². The molecule has 2 heteroatoms. The van der Waals surface area contributed by atoms with Crippen LogP contribution in [0, 0.1) is 5.92 Å². The van der Waals surface area contributed by atoms with Crippen molar-refractivity contribution in [1.29, 1.82) is 0 Å². The average molecular weight is 213 g/mol. The quantitative estimate of drug-likeness (QED) is 0.501. The molecule has 1 unspecified atom stereocenters. The Morgan fingerprint density at radius 3 is 2.64 bits per heavy atom. The van der Waals surface area contributed by atoms with E-state index in [2.05, 4.69) is 57.0 Å². The van der Waals surface area contributed by atoms with Crippen molar-refractivity contribution in [2.75, 3.05) is 18.8 Å². The van der Waals surface area contributed by atoms with Crippen LogP contribution in [0.15, 0.2) is 24.4 Å². The molecule has 82 valence electrons. The maximum absolute atomic E-state index is 4.26. The van der Waals surface area contributed by atoms with Gasteiger partial charge in [0.2, 0.25) is 0 Å². The Balaban J connectivity index is 4.14. The zero-order valence-corrected chi connectivity index (χ0v) is 10.6. The van der Waals surface area contributed by atoms with E-state index in [4.69, 9.17) is 0 Å². The van der Waals surface area contributed by atoms with Crippen molar-refractivity contribution in [3.8, 4) is 0 Å². The minimum absolute atomic E-state index is 0.586. The standard InChI is InChI=1S/C12H23NS/c1-5-7-11(3)9-13(8-6-2)12(4)10-14/h5,7,11,14H,4,6,8-10H2,1-3H3. The summed E-state index contributed by atoms with van der Waals surface area (Å²) in [5, 5.41) is 0. The minimum atomic E-state index is 0.586. The monoisotopic (exact) mass is 213 g/mol. The Morgan fingerprint density at radius 2 is 2.21 bits per heavy atom. The molecule has 0 fully saturated rings. The molecule has 0 aliphatic heterocycles. The van der Waals surface area contributed by atoms with Crippen molar-refractivity contribution in [2.45, 2.75) is 27.2 Å². The van der Waals surface area contributed by atoms with Crippen LogP contribution in [0.1, 0.15) is 27.2 Å². The van der Waals surface area contributed by atoms with Gasteiger partial charge >= 0.3 is 0 Å². The van der Waals surface area contributed by atoms with Crippen LogP contribution >= 0.6 is 12.6 Å². The highest BCUT2D eigenvalue weighted by atomic mass is 32.1. The topological polar surface area (TPSA) is 3.24 Å². The molecule has 0 rings (SSSR count). The second kappa shape index (κ2) is 7.98. The van der Waals surface area contributed by atoms with Crippen molar-refractivity contribution in [3.05, 3.63) is 24.4 Å². The number of nitrogens with zero attached hydrogens (tertiary/aromatic N) is 1. The first kappa shape index (κ1) is 13.6. The van der Waals surface area contributed by atoms with Gasteiger partial charge in [-0.15, -0.1) is 0 Å². The molecule has 0 spiro atoms. The van der Waals surface area contributed by atoms with Crippen molar-refractivity contribution in [2.24, 2.45) is 5.92 Å². The van der Waals surface area contributed by atoms with Gasteiger partial charge in [-0.05, 0) is 19.3 Å². The summed E-state index contributed by atoms with van der Waals surface area (Å²) in [5.41, 5.74) is 1.13. The summed E-state index contributed by atoms with van der Waals surface area (Å²) in [7, 11) is 0. The van der Waals surface area contributed by atoms with Crippen LogP contribution in [0.25, 0.3) is 0 Å². The Labute approximate surface area is 94.3 Å². The van der Waals surface area contributed by atoms with Crippen molar-refractivity contribution in [3.63, 3.8) is 0 Å². The predicted molar refractivity (Wildman–Crippen MR) is 68.8 cm³/mol. The summed E-state index contributed by atoms with van der Waals surface area (Å²) in [6.07, 6.45) is 5.50. The molecule has 1 nitrogen and oxygen atoms in total. The fourth-order valence-electron chi connectivity index (χ4n) is 1.49. The molecule has 0 heterocycles. The summed E-state index contributed by atoms with van der Waals surface area (Å²) in [6.45, 7) is 12.7. The smallest absolute Gasteiger partial charge is 0.0298 e. The molecule has 0 saturated carbocycles. The van der Waals surface area contributed by atoms with Crippen molar-refractivity contribution in [1.82, 2.24) is 4.90 Å². The van der Waals surface area contributed by atoms with E-state index in [-0.39, 0.29) is 0 Å². The summed E-state index contributed by atoms with van der Waals surface area (Å²) >= 11 is 4.26. The fraction of sp³-hybridized carbons (Fsp3) is 0.667. The first-order valence-electron chi connectivity index (χ1n) is 5.32. The lowest BCUT2D eigenvalue weighted by Gasteiger charge is -2.27. The minimum Gasteiger partial charge on any atom is -0.374 e. The van der Waals surface area contributed by atoms with Gasteiger partial charge in [0.05, 0.1) is 0 Å². The first-order valence-corrected chi connectivity index (χ1v) is 5.95. The molecule has 1 atom stereocenters. The third kappa shape index (κ3) is 5.38. The van der Waals surface area contributed by atoms with E-state index in [1.165, 1.54) is 0 Å². The highest BCUT2D eigenvalue weighted by Crippen LogP contribution is 2.09. The van der Waals surface area contributed by atoms with Crippen LogP contribution < -0.4 is 0 Å². The van der Waals surface area contributed by atoms with Gasteiger partial charge in [0.25, 0.3) is 0 Å². The van der Waals surface area contributed by atoms with Gasteiger partial charge in [0.15, 0.2) is 0 Å². The van der Waals surface area contributed by atoms with Gasteiger partial charge in [-0.2, -0.15) is 12.6 Å². The van der Waals surface area contributed by atoms with Crippen LogP contribution in [-0.4, -0.2) is 23.7 Å². The van der Waals surface area contributed by atoms with Crippen LogP contribution in [0.5, 0.6) is 0 Å². The maximum atomic E-state index is 4.26.